The number of nitrogens with one attached hydrogen (secondary N) is 3. The second-order valence-corrected chi connectivity index (χ2v) is 13.6. The van der Waals surface area contributed by atoms with Crippen molar-refractivity contribution >= 4 is 56.4 Å². The number of methoxy groups -OCH3 is 2. The van der Waals surface area contributed by atoms with Gasteiger partial charge >= 0.3 is 65.6 Å². The first-order valence-corrected chi connectivity index (χ1v) is 16.8. The van der Waals surface area contributed by atoms with Crippen LogP contribution in [0.2, 0.25) is 0 Å². The SMILES string of the molecule is CC(=O)OOC(C)=O.CC(C)CC=O.COC(=O)[C@@H](CN)NC(=O)OC(C)(C)C.COC(=O)[C@@H](CNCCC(C)C)NC(=O)OC(C)(C)C.[B-]OC(C)=O.[Na+]. The van der Waals surface area contributed by atoms with Gasteiger partial charge < -0.3 is 58.1 Å². The maximum Gasteiger partial charge on any atom is 1.00 e. The number of alkyl carbamates (subject to hydrolysis) is 2. The van der Waals surface area contributed by atoms with Crippen LogP contribution in [0.4, 0.5) is 9.59 Å². The third-order valence-corrected chi connectivity index (χ3v) is 4.85. The summed E-state index contributed by atoms with van der Waals surface area (Å²) < 4.78 is 22.8. The van der Waals surface area contributed by atoms with Crippen molar-refractivity contribution < 1.29 is 101 Å². The van der Waals surface area contributed by atoms with Gasteiger partial charge in [0.05, 0.1) is 14.2 Å². The number of aldehydes is 1. The molecule has 0 spiro atoms. The van der Waals surface area contributed by atoms with Crippen LogP contribution < -0.4 is 51.2 Å². The molecule has 0 saturated carbocycles. The van der Waals surface area contributed by atoms with Crippen LogP contribution in [0.1, 0.15) is 103 Å². The van der Waals surface area contributed by atoms with Crippen LogP contribution in [-0.2, 0) is 62.1 Å². The fraction of sp³-hybridized carbons (Fsp3) is 0.765. The standard InChI is InChI=1S/C14H28N2O4.C9H18N2O4.C5H10O.C4H6O4.C2H3BO2.Na/c1-10(2)7-8-15-9-11(12(17)19-6)16-13(18)20-14(3,4)5;1-9(2,3)15-8(13)11-6(5-10)7(12)14-4;1-5(2)3-4-6;1-3(5)7-8-4(2)6;1-2(4)5-3;/h10-11,15H,7-9H2,1-6H3,(H,16,18);6H,5,10H2,1-4H3,(H,11,13);4-5H,3H2,1-2H3;1-2H3;1H3;/q;;;;-1;+1/t11-;6-;;;;/m11..../s1. The van der Waals surface area contributed by atoms with Gasteiger partial charge in [0.1, 0.15) is 29.6 Å². The molecule has 0 heterocycles. The number of esters is 2. The first kappa shape index (κ1) is 63.5. The normalized spacial score (nSPS) is 11.0. The third-order valence-electron chi connectivity index (χ3n) is 4.85. The Bertz CT molecular complexity index is 1090. The molecular formula is C34H65BN4NaO15. The molecule has 5 N–H and O–H groups in total. The van der Waals surface area contributed by atoms with E-state index in [0.717, 1.165) is 33.1 Å². The van der Waals surface area contributed by atoms with Crippen molar-refractivity contribution in [3.63, 3.8) is 0 Å². The quantitative estimate of drug-likeness (QED) is 0.0372. The van der Waals surface area contributed by atoms with E-state index < -0.39 is 65.3 Å². The Balaban J connectivity index is -0.000000150. The Morgan fingerprint density at radius 2 is 1.05 bits per heavy atom. The maximum atomic E-state index is 11.7. The molecule has 0 aliphatic heterocycles. The van der Waals surface area contributed by atoms with Crippen molar-refractivity contribution in [1.29, 1.82) is 0 Å². The number of nitrogens with two attached hydrogens (primary N) is 1. The van der Waals surface area contributed by atoms with E-state index in [1.54, 1.807) is 41.5 Å². The summed E-state index contributed by atoms with van der Waals surface area (Å²) in [5.74, 6) is -1.72. The molecule has 0 aromatic carbocycles. The van der Waals surface area contributed by atoms with Gasteiger partial charge in [-0.05, 0) is 66.3 Å². The van der Waals surface area contributed by atoms with Crippen molar-refractivity contribution in [2.75, 3.05) is 33.9 Å². The van der Waals surface area contributed by atoms with E-state index in [2.05, 4.69) is 61.8 Å². The van der Waals surface area contributed by atoms with Crippen molar-refractivity contribution in [1.82, 2.24) is 16.0 Å². The monoisotopic (exact) mass is 803 g/mol. The number of amides is 2. The van der Waals surface area contributed by atoms with Gasteiger partial charge in [0.2, 0.25) is 5.97 Å². The molecule has 21 heteroatoms. The van der Waals surface area contributed by atoms with Crippen molar-refractivity contribution in [3.8, 4) is 0 Å². The summed E-state index contributed by atoms with van der Waals surface area (Å²) in [6.07, 6.45) is 1.33. The van der Waals surface area contributed by atoms with E-state index in [0.29, 0.717) is 24.8 Å². The second-order valence-electron chi connectivity index (χ2n) is 13.6. The number of carbonyl (C=O) groups is 8. The number of hydrogen-bond acceptors (Lipinski definition) is 17. The molecular weight excluding hydrogens is 738 g/mol. The van der Waals surface area contributed by atoms with Crippen LogP contribution >= 0.6 is 0 Å². The van der Waals surface area contributed by atoms with E-state index in [1.165, 1.54) is 21.1 Å². The van der Waals surface area contributed by atoms with Crippen molar-refractivity contribution in [2.45, 2.75) is 126 Å². The molecule has 0 bridgehead atoms. The first-order valence-electron chi connectivity index (χ1n) is 16.8. The van der Waals surface area contributed by atoms with Crippen molar-refractivity contribution in [2.24, 2.45) is 17.6 Å². The Morgan fingerprint density at radius 1 is 0.691 bits per heavy atom. The number of carbonyl (C=O) groups excluding carboxylic acids is 8. The molecule has 0 fully saturated rings. The van der Waals surface area contributed by atoms with Gasteiger partial charge in [0, 0.05) is 40.3 Å². The summed E-state index contributed by atoms with van der Waals surface area (Å²) >= 11 is 0. The Morgan fingerprint density at radius 3 is 1.29 bits per heavy atom. The molecule has 0 aliphatic carbocycles. The molecule has 315 valence electrons. The van der Waals surface area contributed by atoms with Crippen LogP contribution in [-0.4, -0.2) is 114 Å². The minimum Gasteiger partial charge on any atom is -0.793 e. The number of hydrogen-bond donors (Lipinski definition) is 4. The summed E-state index contributed by atoms with van der Waals surface area (Å²) in [5.41, 5.74) is 4.08. The zero-order valence-electron chi connectivity index (χ0n) is 35.7. The zero-order chi connectivity index (χ0) is 43.7. The Labute approximate surface area is 349 Å². The largest absolute Gasteiger partial charge is 1.00 e. The maximum absolute atomic E-state index is 11.7. The minimum atomic E-state index is -0.871. The summed E-state index contributed by atoms with van der Waals surface area (Å²) in [5, 5.41) is 7.96. The smallest absolute Gasteiger partial charge is 0.793 e. The van der Waals surface area contributed by atoms with Crippen LogP contribution in [0.25, 0.3) is 0 Å². The molecule has 0 aromatic rings. The van der Waals surface area contributed by atoms with Gasteiger partial charge in [0.25, 0.3) is 0 Å². The summed E-state index contributed by atoms with van der Waals surface area (Å²) in [7, 11) is 6.84. The van der Waals surface area contributed by atoms with Gasteiger partial charge in [-0.25, -0.2) is 38.5 Å². The molecule has 0 saturated heterocycles. The van der Waals surface area contributed by atoms with E-state index in [9.17, 15) is 38.4 Å². The fourth-order valence-electron chi connectivity index (χ4n) is 2.54. The van der Waals surface area contributed by atoms with Gasteiger partial charge in [-0.15, -0.1) is 0 Å². The molecule has 0 aromatic heterocycles. The van der Waals surface area contributed by atoms with Gasteiger partial charge in [0.15, 0.2) is 0 Å². The van der Waals surface area contributed by atoms with Crippen molar-refractivity contribution in [3.05, 3.63) is 0 Å². The second kappa shape index (κ2) is 37.5. The van der Waals surface area contributed by atoms with Crippen LogP contribution in [0, 0.1) is 11.8 Å². The Kier molecular flexibility index (Phi) is 43.2. The van der Waals surface area contributed by atoms with Gasteiger partial charge in [-0.1, -0.05) is 27.7 Å². The predicted octanol–water partition coefficient (Wildman–Crippen LogP) is -0.404. The third kappa shape index (κ3) is 57.4. The predicted molar refractivity (Wildman–Crippen MR) is 198 cm³/mol. The fourth-order valence-corrected chi connectivity index (χ4v) is 2.54. The van der Waals surface area contributed by atoms with E-state index >= 15 is 0 Å². The van der Waals surface area contributed by atoms with Gasteiger partial charge in [-0.2, -0.15) is 0 Å². The molecule has 3 radical (unpaired) electrons. The molecule has 55 heavy (non-hydrogen) atoms. The molecule has 2 amide bonds. The molecule has 2 atom stereocenters. The molecule has 0 aliphatic rings. The topological polar surface area (TPSA) is 263 Å². The summed E-state index contributed by atoms with van der Waals surface area (Å²) in [6.45, 7) is 23.3. The number of rotatable bonds is 12. The summed E-state index contributed by atoms with van der Waals surface area (Å²) in [6, 6.07) is -1.62. The molecule has 19 nitrogen and oxygen atoms in total. The van der Waals surface area contributed by atoms with E-state index in [4.69, 9.17) is 15.2 Å². The Hall–Kier alpha value is -3.46. The van der Waals surface area contributed by atoms with E-state index in [-0.39, 0.29) is 36.1 Å². The average Bonchev–Trinajstić information content (AvgIpc) is 3.02. The van der Waals surface area contributed by atoms with Crippen LogP contribution in [0.15, 0.2) is 0 Å². The average molecular weight is 804 g/mol. The number of ether oxygens (including phenoxy) is 4. The van der Waals surface area contributed by atoms with E-state index in [1.807, 2.05) is 13.8 Å². The zero-order valence-corrected chi connectivity index (χ0v) is 37.7. The van der Waals surface area contributed by atoms with Crippen LogP contribution in [0.5, 0.6) is 0 Å². The summed E-state index contributed by atoms with van der Waals surface area (Å²) in [4.78, 5) is 92.0. The van der Waals surface area contributed by atoms with Gasteiger partial charge in [-0.3, -0.25) is 4.79 Å². The first-order chi connectivity index (χ1) is 24.6. The minimum absolute atomic E-state index is 0. The molecule has 0 rings (SSSR count). The molecule has 0 unspecified atom stereocenters. The van der Waals surface area contributed by atoms with Crippen LogP contribution in [0.3, 0.4) is 0 Å².